The van der Waals surface area contributed by atoms with Crippen LogP contribution in [0.2, 0.25) is 0 Å². The highest BCUT2D eigenvalue weighted by atomic mass is 16.4. The van der Waals surface area contributed by atoms with Crippen molar-refractivity contribution >= 4 is 23.7 Å². The van der Waals surface area contributed by atoms with Crippen molar-refractivity contribution in [3.63, 3.8) is 0 Å². The highest BCUT2D eigenvalue weighted by molar-refractivity contribution is 6.40. The fourth-order valence-corrected chi connectivity index (χ4v) is 3.12. The number of pyridine rings is 1. The van der Waals surface area contributed by atoms with Crippen molar-refractivity contribution in [3.8, 4) is 0 Å². The molecule has 0 bridgehead atoms. The van der Waals surface area contributed by atoms with E-state index >= 15 is 0 Å². The molecule has 1 heterocycles. The number of nitrogens with two attached hydrogens (primary N) is 1. The Hall–Kier alpha value is -2.54. The molecule has 2 aromatic carbocycles. The lowest BCUT2D eigenvalue weighted by molar-refractivity contribution is -0.119. The second-order valence-corrected chi connectivity index (χ2v) is 6.41. The summed E-state index contributed by atoms with van der Waals surface area (Å²) in [5, 5.41) is 20.2. The van der Waals surface area contributed by atoms with Gasteiger partial charge in [0.15, 0.2) is 0 Å². The molecule has 132 valence electrons. The third-order valence-electron chi connectivity index (χ3n) is 4.51. The number of carbonyl (C=O) groups is 1. The Bertz CT molecular complexity index is 897. The van der Waals surface area contributed by atoms with E-state index in [0.717, 1.165) is 27.5 Å². The molecule has 0 saturated heterocycles. The van der Waals surface area contributed by atoms with Crippen LogP contribution in [-0.2, 0) is 17.5 Å². The van der Waals surface area contributed by atoms with E-state index in [1.807, 2.05) is 36.4 Å². The van der Waals surface area contributed by atoms with E-state index in [4.69, 9.17) is 15.8 Å². The van der Waals surface area contributed by atoms with E-state index < -0.39 is 7.12 Å². The minimum Gasteiger partial charge on any atom is -0.427 e. The van der Waals surface area contributed by atoms with Crippen molar-refractivity contribution in [1.82, 2.24) is 4.98 Å². The van der Waals surface area contributed by atoms with Gasteiger partial charge in [0.05, 0.1) is 5.92 Å². The number of ketones is 1. The first-order valence-electron chi connectivity index (χ1n) is 8.57. The topological polar surface area (TPSA) is 96.4 Å². The highest BCUT2D eigenvalue weighted by Crippen LogP contribution is 2.21. The average molecular weight is 348 g/mol. The van der Waals surface area contributed by atoms with Crippen molar-refractivity contribution in [3.05, 3.63) is 77.6 Å². The van der Waals surface area contributed by atoms with Crippen LogP contribution in [0.4, 0.5) is 0 Å². The standard InChI is InChI=1S/C20H21BN2O3/c22-12-19(16-4-1-14(2-5-16)11-21(25)26)20(24)10-15-3-6-18-13-23-8-7-17(18)9-15/h1-9,13,19,25-26H,10-12,22H2/t19-/m1/s1. The molecule has 26 heavy (non-hydrogen) atoms. The maximum atomic E-state index is 12.8. The van der Waals surface area contributed by atoms with Crippen molar-refractivity contribution in [2.24, 2.45) is 5.73 Å². The molecular weight excluding hydrogens is 327 g/mol. The van der Waals surface area contributed by atoms with Gasteiger partial charge >= 0.3 is 7.12 Å². The second kappa shape index (κ2) is 8.23. The zero-order valence-electron chi connectivity index (χ0n) is 14.4. The van der Waals surface area contributed by atoms with Gasteiger partial charge in [-0.25, -0.2) is 0 Å². The van der Waals surface area contributed by atoms with E-state index in [2.05, 4.69) is 4.98 Å². The number of aromatic nitrogens is 1. The first-order chi connectivity index (χ1) is 12.6. The van der Waals surface area contributed by atoms with E-state index in [-0.39, 0.29) is 24.6 Å². The van der Waals surface area contributed by atoms with Crippen LogP contribution in [0.1, 0.15) is 22.6 Å². The lowest BCUT2D eigenvalue weighted by atomic mass is 9.81. The van der Waals surface area contributed by atoms with Crippen LogP contribution in [0.25, 0.3) is 10.8 Å². The van der Waals surface area contributed by atoms with E-state index in [1.54, 1.807) is 24.5 Å². The molecule has 6 heteroatoms. The van der Waals surface area contributed by atoms with E-state index in [1.165, 1.54) is 0 Å². The Kier molecular flexibility index (Phi) is 5.78. The van der Waals surface area contributed by atoms with Crippen LogP contribution in [-0.4, -0.2) is 34.5 Å². The average Bonchev–Trinajstić information content (AvgIpc) is 2.63. The summed E-state index contributed by atoms with van der Waals surface area (Å²) in [5.74, 6) is -0.313. The van der Waals surface area contributed by atoms with E-state index in [0.29, 0.717) is 6.42 Å². The van der Waals surface area contributed by atoms with Gasteiger partial charge in [0.25, 0.3) is 0 Å². The van der Waals surface area contributed by atoms with Crippen LogP contribution in [0.3, 0.4) is 0 Å². The molecule has 0 aliphatic rings. The molecular formula is C20H21BN2O3. The van der Waals surface area contributed by atoms with Crippen LogP contribution >= 0.6 is 0 Å². The molecule has 0 aliphatic carbocycles. The molecule has 5 nitrogen and oxygen atoms in total. The second-order valence-electron chi connectivity index (χ2n) is 6.41. The summed E-state index contributed by atoms with van der Waals surface area (Å²) in [4.78, 5) is 16.9. The molecule has 0 unspecified atom stereocenters. The quantitative estimate of drug-likeness (QED) is 0.564. The van der Waals surface area contributed by atoms with Crippen molar-refractivity contribution < 1.29 is 14.8 Å². The lowest BCUT2D eigenvalue weighted by Gasteiger charge is -2.15. The zero-order chi connectivity index (χ0) is 18.5. The van der Waals surface area contributed by atoms with Gasteiger partial charge in [0.2, 0.25) is 0 Å². The number of hydrogen-bond donors (Lipinski definition) is 3. The maximum absolute atomic E-state index is 12.8. The van der Waals surface area contributed by atoms with Crippen LogP contribution < -0.4 is 5.73 Å². The molecule has 0 amide bonds. The van der Waals surface area contributed by atoms with Gasteiger partial charge in [-0.3, -0.25) is 9.78 Å². The molecule has 1 atom stereocenters. The van der Waals surface area contributed by atoms with Crippen LogP contribution in [0.5, 0.6) is 0 Å². The molecule has 4 N–H and O–H groups in total. The van der Waals surface area contributed by atoms with E-state index in [9.17, 15) is 4.79 Å². The molecule has 0 spiro atoms. The number of hydrogen-bond acceptors (Lipinski definition) is 5. The Balaban J connectivity index is 1.75. The first-order valence-corrected chi connectivity index (χ1v) is 8.57. The van der Waals surface area contributed by atoms with Gasteiger partial charge in [-0.1, -0.05) is 48.0 Å². The molecule has 0 radical (unpaired) electrons. The molecule has 0 fully saturated rings. The van der Waals surface area contributed by atoms with Crippen molar-refractivity contribution in [1.29, 1.82) is 0 Å². The van der Waals surface area contributed by atoms with Gasteiger partial charge in [-0.05, 0) is 22.6 Å². The van der Waals surface area contributed by atoms with Gasteiger partial charge in [-0.15, -0.1) is 0 Å². The predicted octanol–water partition coefficient (Wildman–Crippen LogP) is 1.64. The summed E-state index contributed by atoms with van der Waals surface area (Å²) in [7, 11) is -1.38. The van der Waals surface area contributed by atoms with Gasteiger partial charge < -0.3 is 15.8 Å². The summed E-state index contributed by atoms with van der Waals surface area (Å²) in [6.07, 6.45) is 4.01. The summed E-state index contributed by atoms with van der Waals surface area (Å²) >= 11 is 0. The molecule has 3 aromatic rings. The summed E-state index contributed by atoms with van der Waals surface area (Å²) < 4.78 is 0. The summed E-state index contributed by atoms with van der Waals surface area (Å²) in [5.41, 5.74) is 8.46. The largest absolute Gasteiger partial charge is 0.456 e. The SMILES string of the molecule is NC[C@@H](C(=O)Cc1ccc2cnccc2c1)c1ccc(CB(O)O)cc1. The van der Waals surface area contributed by atoms with Crippen molar-refractivity contribution in [2.75, 3.05) is 6.54 Å². The van der Waals surface area contributed by atoms with Crippen LogP contribution in [0.15, 0.2) is 60.9 Å². The number of nitrogens with zero attached hydrogens (tertiary/aromatic N) is 1. The highest BCUT2D eigenvalue weighted by Gasteiger charge is 2.19. The van der Waals surface area contributed by atoms with Crippen LogP contribution in [0, 0.1) is 0 Å². The normalized spacial score (nSPS) is 12.1. The number of benzene rings is 2. The monoisotopic (exact) mass is 348 g/mol. The zero-order valence-corrected chi connectivity index (χ0v) is 14.4. The predicted molar refractivity (Wildman–Crippen MR) is 103 cm³/mol. The Morgan fingerprint density at radius 3 is 2.46 bits per heavy atom. The minimum atomic E-state index is -1.38. The summed E-state index contributed by atoms with van der Waals surface area (Å²) in [6, 6.07) is 15.1. The Morgan fingerprint density at radius 1 is 1.04 bits per heavy atom. The summed E-state index contributed by atoms with van der Waals surface area (Å²) in [6.45, 7) is 0.234. The van der Waals surface area contributed by atoms with Crippen molar-refractivity contribution in [2.45, 2.75) is 18.7 Å². The third kappa shape index (κ3) is 4.35. The van der Waals surface area contributed by atoms with Gasteiger partial charge in [0, 0.05) is 37.1 Å². The van der Waals surface area contributed by atoms with Gasteiger partial charge in [-0.2, -0.15) is 0 Å². The molecule has 0 aliphatic heterocycles. The number of rotatable bonds is 7. The minimum absolute atomic E-state index is 0.0656. The first kappa shape index (κ1) is 18.3. The Labute approximate surface area is 152 Å². The number of carbonyl (C=O) groups excluding carboxylic acids is 1. The fraction of sp³-hybridized carbons (Fsp3) is 0.200. The maximum Gasteiger partial charge on any atom is 0.456 e. The Morgan fingerprint density at radius 2 is 1.77 bits per heavy atom. The third-order valence-corrected chi connectivity index (χ3v) is 4.51. The van der Waals surface area contributed by atoms with Gasteiger partial charge in [0.1, 0.15) is 5.78 Å². The molecule has 3 rings (SSSR count). The molecule has 1 aromatic heterocycles. The smallest absolute Gasteiger partial charge is 0.427 e. The lowest BCUT2D eigenvalue weighted by Crippen LogP contribution is -2.23. The fourth-order valence-electron chi connectivity index (χ4n) is 3.12. The number of fused-ring (bicyclic) bond motifs is 1. The molecule has 0 saturated carbocycles. The number of Topliss-reactive ketones (excluding diaryl/α,β-unsaturated/α-hetero) is 1.